The van der Waals surface area contributed by atoms with Gasteiger partial charge in [0, 0.05) is 17.5 Å². The van der Waals surface area contributed by atoms with Gasteiger partial charge in [-0.15, -0.1) is 0 Å². The highest BCUT2D eigenvalue weighted by Crippen LogP contribution is 2.27. The molecule has 3 aromatic carbocycles. The van der Waals surface area contributed by atoms with Crippen LogP contribution in [0.2, 0.25) is 0 Å². The van der Waals surface area contributed by atoms with Gasteiger partial charge in [-0.2, -0.15) is 0 Å². The van der Waals surface area contributed by atoms with E-state index in [1.54, 1.807) is 54.6 Å². The lowest BCUT2D eigenvalue weighted by atomic mass is 9.98. The molecule has 0 saturated carbocycles. The van der Waals surface area contributed by atoms with Crippen LogP contribution in [0.3, 0.4) is 0 Å². The van der Waals surface area contributed by atoms with Crippen LogP contribution in [0.25, 0.3) is 11.1 Å². The predicted molar refractivity (Wildman–Crippen MR) is 109 cm³/mol. The molecule has 0 radical (unpaired) electrons. The van der Waals surface area contributed by atoms with Gasteiger partial charge >= 0.3 is 5.97 Å². The Morgan fingerprint density at radius 2 is 1.66 bits per heavy atom. The Kier molecular flexibility index (Phi) is 6.39. The third-order valence-corrected chi connectivity index (χ3v) is 4.66. The van der Waals surface area contributed by atoms with E-state index in [0.29, 0.717) is 28.9 Å². The third kappa shape index (κ3) is 5.29. The summed E-state index contributed by atoms with van der Waals surface area (Å²) in [6.07, 6.45) is 0.518. The molecule has 4 nitrogen and oxygen atoms in total. The highest BCUT2D eigenvalue weighted by molar-refractivity contribution is 5.94. The number of halogens is 1. The minimum atomic E-state index is -0.839. The first kappa shape index (κ1) is 20.3. The maximum atomic E-state index is 14.5. The number of aryl methyl sites for hydroxylation is 1. The summed E-state index contributed by atoms with van der Waals surface area (Å²) in [5.74, 6) is -0.652. The number of aliphatic carboxylic acids is 1. The normalized spacial score (nSPS) is 10.6. The topological polar surface area (TPSA) is 63.6 Å². The minimum Gasteiger partial charge on any atom is -0.489 e. The van der Waals surface area contributed by atoms with Crippen LogP contribution in [0.15, 0.2) is 66.7 Å². The SMILES string of the molecule is CC(=O)c1ccc(-c2cccc(F)c2COc2ccc(CCC(=O)O)cc2)cc1. The van der Waals surface area contributed by atoms with Crippen molar-refractivity contribution >= 4 is 11.8 Å². The molecule has 0 amide bonds. The zero-order valence-corrected chi connectivity index (χ0v) is 16.0. The van der Waals surface area contributed by atoms with Gasteiger partial charge in [0.1, 0.15) is 18.2 Å². The number of carboxylic acid groups (broad SMARTS) is 1. The Hall–Kier alpha value is -3.47. The number of carboxylic acids is 1. The van der Waals surface area contributed by atoms with Crippen molar-refractivity contribution in [3.63, 3.8) is 0 Å². The van der Waals surface area contributed by atoms with Gasteiger partial charge in [0.2, 0.25) is 0 Å². The molecule has 29 heavy (non-hydrogen) atoms. The van der Waals surface area contributed by atoms with Gasteiger partial charge in [-0.1, -0.05) is 48.5 Å². The Balaban J connectivity index is 1.76. The van der Waals surface area contributed by atoms with E-state index >= 15 is 0 Å². The maximum absolute atomic E-state index is 14.5. The van der Waals surface area contributed by atoms with Crippen LogP contribution in [-0.4, -0.2) is 16.9 Å². The molecule has 0 bridgehead atoms. The van der Waals surface area contributed by atoms with Crippen molar-refractivity contribution < 1.29 is 23.8 Å². The summed E-state index contributed by atoms with van der Waals surface area (Å²) >= 11 is 0. The predicted octanol–water partition coefficient (Wildman–Crippen LogP) is 5.29. The average molecular weight is 392 g/mol. The smallest absolute Gasteiger partial charge is 0.303 e. The van der Waals surface area contributed by atoms with E-state index in [4.69, 9.17) is 9.84 Å². The Morgan fingerprint density at radius 3 is 2.28 bits per heavy atom. The molecule has 3 aromatic rings. The zero-order valence-electron chi connectivity index (χ0n) is 16.0. The molecule has 0 saturated heterocycles. The second-order valence-corrected chi connectivity index (χ2v) is 6.73. The van der Waals surface area contributed by atoms with Crippen LogP contribution in [0.1, 0.15) is 34.8 Å². The molecule has 0 aliphatic heterocycles. The lowest BCUT2D eigenvalue weighted by Gasteiger charge is -2.13. The summed E-state index contributed by atoms with van der Waals surface area (Å²) < 4.78 is 20.3. The standard InChI is InChI=1S/C24H21FO4/c1-16(26)18-8-10-19(11-9-18)21-3-2-4-23(25)22(21)15-29-20-12-5-17(6-13-20)7-14-24(27)28/h2-6,8-13H,7,14-15H2,1H3,(H,27,28). The minimum absolute atomic E-state index is 0.0221. The molecular weight excluding hydrogens is 371 g/mol. The fourth-order valence-corrected chi connectivity index (χ4v) is 3.02. The zero-order chi connectivity index (χ0) is 20.8. The number of carbonyl (C=O) groups excluding carboxylic acids is 1. The number of hydrogen-bond acceptors (Lipinski definition) is 3. The third-order valence-electron chi connectivity index (χ3n) is 4.66. The highest BCUT2D eigenvalue weighted by Gasteiger charge is 2.12. The monoisotopic (exact) mass is 392 g/mol. The first-order valence-corrected chi connectivity index (χ1v) is 9.26. The van der Waals surface area contributed by atoms with E-state index in [9.17, 15) is 14.0 Å². The molecule has 148 valence electrons. The van der Waals surface area contributed by atoms with E-state index in [-0.39, 0.29) is 24.6 Å². The number of ketones is 1. The number of rotatable bonds is 8. The van der Waals surface area contributed by atoms with Gasteiger partial charge < -0.3 is 9.84 Å². The van der Waals surface area contributed by atoms with Gasteiger partial charge in [0.15, 0.2) is 5.78 Å². The van der Waals surface area contributed by atoms with Crippen molar-refractivity contribution in [1.82, 2.24) is 0 Å². The number of Topliss-reactive ketones (excluding diaryl/α,β-unsaturated/α-hetero) is 1. The fraction of sp³-hybridized carbons (Fsp3) is 0.167. The van der Waals surface area contributed by atoms with Crippen molar-refractivity contribution in [2.75, 3.05) is 0 Å². The van der Waals surface area contributed by atoms with Gasteiger partial charge in [-0.3, -0.25) is 9.59 Å². The van der Waals surface area contributed by atoms with Crippen LogP contribution in [0, 0.1) is 5.82 Å². The Bertz CT molecular complexity index is 1010. The molecule has 0 aromatic heterocycles. The fourth-order valence-electron chi connectivity index (χ4n) is 3.02. The van der Waals surface area contributed by atoms with E-state index in [1.165, 1.54) is 13.0 Å². The lowest BCUT2D eigenvalue weighted by Crippen LogP contribution is -2.02. The van der Waals surface area contributed by atoms with Gasteiger partial charge in [0.05, 0.1) is 0 Å². The number of hydrogen-bond donors (Lipinski definition) is 1. The Morgan fingerprint density at radius 1 is 0.966 bits per heavy atom. The highest BCUT2D eigenvalue weighted by atomic mass is 19.1. The van der Waals surface area contributed by atoms with Crippen molar-refractivity contribution in [3.8, 4) is 16.9 Å². The number of ether oxygens (including phenoxy) is 1. The summed E-state index contributed by atoms with van der Waals surface area (Å²) in [7, 11) is 0. The molecule has 0 aliphatic carbocycles. The number of benzene rings is 3. The maximum Gasteiger partial charge on any atom is 0.303 e. The van der Waals surface area contributed by atoms with Crippen molar-refractivity contribution in [1.29, 1.82) is 0 Å². The molecular formula is C24H21FO4. The summed E-state index contributed by atoms with van der Waals surface area (Å²) in [4.78, 5) is 22.1. The molecule has 0 spiro atoms. The molecule has 0 aliphatic rings. The molecule has 5 heteroatoms. The summed E-state index contributed by atoms with van der Waals surface area (Å²) in [6.45, 7) is 1.55. The van der Waals surface area contributed by atoms with E-state index in [0.717, 1.165) is 11.1 Å². The summed E-state index contributed by atoms with van der Waals surface area (Å²) in [5.41, 5.74) is 3.44. The van der Waals surface area contributed by atoms with Crippen LogP contribution in [0.5, 0.6) is 5.75 Å². The van der Waals surface area contributed by atoms with Gasteiger partial charge in [-0.25, -0.2) is 4.39 Å². The molecule has 0 heterocycles. The first-order valence-electron chi connectivity index (χ1n) is 9.26. The summed E-state index contributed by atoms with van der Waals surface area (Å²) in [5, 5.41) is 8.75. The molecule has 0 unspecified atom stereocenters. The van der Waals surface area contributed by atoms with Gasteiger partial charge in [0.25, 0.3) is 0 Å². The van der Waals surface area contributed by atoms with E-state index in [2.05, 4.69) is 0 Å². The first-order chi connectivity index (χ1) is 13.9. The van der Waals surface area contributed by atoms with Crippen LogP contribution in [0.4, 0.5) is 4.39 Å². The van der Waals surface area contributed by atoms with Crippen molar-refractivity contribution in [3.05, 3.63) is 89.2 Å². The summed E-state index contributed by atoms with van der Waals surface area (Å²) in [6, 6.07) is 19.0. The van der Waals surface area contributed by atoms with Crippen molar-refractivity contribution in [2.45, 2.75) is 26.4 Å². The van der Waals surface area contributed by atoms with Gasteiger partial charge in [-0.05, 0) is 48.2 Å². The second kappa shape index (κ2) is 9.15. The lowest BCUT2D eigenvalue weighted by molar-refractivity contribution is -0.136. The van der Waals surface area contributed by atoms with E-state index < -0.39 is 5.97 Å². The Labute approximate surface area is 168 Å². The number of carbonyl (C=O) groups is 2. The molecule has 0 fully saturated rings. The van der Waals surface area contributed by atoms with E-state index in [1.807, 2.05) is 6.07 Å². The molecule has 3 rings (SSSR count). The van der Waals surface area contributed by atoms with Crippen LogP contribution >= 0.6 is 0 Å². The average Bonchev–Trinajstić information content (AvgIpc) is 2.72. The quantitative estimate of drug-likeness (QED) is 0.529. The molecule has 0 atom stereocenters. The molecule has 1 N–H and O–H groups in total. The second-order valence-electron chi connectivity index (χ2n) is 6.73. The largest absolute Gasteiger partial charge is 0.489 e. The van der Waals surface area contributed by atoms with Crippen LogP contribution < -0.4 is 4.74 Å². The van der Waals surface area contributed by atoms with Crippen molar-refractivity contribution in [2.24, 2.45) is 0 Å². The van der Waals surface area contributed by atoms with Crippen LogP contribution in [-0.2, 0) is 17.8 Å².